The number of hydrazone groups is 1. The Morgan fingerprint density at radius 1 is 0.848 bits per heavy atom. The van der Waals surface area contributed by atoms with Crippen LogP contribution in [0.1, 0.15) is 33.9 Å². The Balaban J connectivity index is 1.54. The molecule has 164 valence electrons. The highest BCUT2D eigenvalue weighted by Gasteiger charge is 2.34. The van der Waals surface area contributed by atoms with Gasteiger partial charge in [0.05, 0.1) is 37.0 Å². The molecule has 0 unspecified atom stereocenters. The van der Waals surface area contributed by atoms with Crippen molar-refractivity contribution in [3.05, 3.63) is 95.8 Å². The Hall–Kier alpha value is -4.26. The lowest BCUT2D eigenvalue weighted by Gasteiger charge is -2.22. The number of carbonyl (C=O) groups excluding carboxylic acids is 1. The highest BCUT2D eigenvalue weighted by Crippen LogP contribution is 2.35. The van der Waals surface area contributed by atoms with Gasteiger partial charge in [0.1, 0.15) is 11.5 Å². The van der Waals surface area contributed by atoms with E-state index in [9.17, 15) is 4.79 Å². The van der Waals surface area contributed by atoms with E-state index in [2.05, 4.69) is 9.97 Å². The van der Waals surface area contributed by atoms with E-state index in [0.29, 0.717) is 17.7 Å². The monoisotopic (exact) mass is 438 g/mol. The number of methoxy groups -OCH3 is 2. The lowest BCUT2D eigenvalue weighted by molar-refractivity contribution is 0.0711. The maximum atomic E-state index is 13.5. The summed E-state index contributed by atoms with van der Waals surface area (Å²) in [6.07, 6.45) is 3.92. The summed E-state index contributed by atoms with van der Waals surface area (Å²) in [6.45, 7) is 0. The predicted octanol–water partition coefficient (Wildman–Crippen LogP) is 4.64. The predicted molar refractivity (Wildman–Crippen MR) is 126 cm³/mol. The molecule has 1 aromatic heterocycles. The summed E-state index contributed by atoms with van der Waals surface area (Å²) in [6, 6.07) is 20.4. The van der Waals surface area contributed by atoms with Crippen LogP contribution in [0, 0.1) is 0 Å². The van der Waals surface area contributed by atoms with Crippen LogP contribution in [0.15, 0.2) is 84.2 Å². The molecule has 0 fully saturated rings. The van der Waals surface area contributed by atoms with Crippen molar-refractivity contribution in [1.82, 2.24) is 15.0 Å². The van der Waals surface area contributed by atoms with Crippen LogP contribution < -0.4 is 9.47 Å². The number of amides is 1. The fraction of sp³-hybridized carbons (Fsp3) is 0.154. The summed E-state index contributed by atoms with van der Waals surface area (Å²) < 4.78 is 10.5. The molecule has 4 aromatic rings. The molecule has 0 saturated heterocycles. The minimum absolute atomic E-state index is 0.176. The number of hydrogen-bond donors (Lipinski definition) is 0. The van der Waals surface area contributed by atoms with Crippen molar-refractivity contribution in [2.75, 3.05) is 14.2 Å². The van der Waals surface area contributed by atoms with Crippen LogP contribution >= 0.6 is 0 Å². The fourth-order valence-electron chi connectivity index (χ4n) is 3.97. The SMILES string of the molecule is COc1ccc(C(=O)N2N=C(c3ccc(OC)cc3)C[C@@H]2c2ccc3nccnc3c2)cc1. The second-order valence-electron chi connectivity index (χ2n) is 7.68. The number of benzene rings is 3. The van der Waals surface area contributed by atoms with Gasteiger partial charge in [-0.05, 0) is 71.8 Å². The van der Waals surface area contributed by atoms with Crippen molar-refractivity contribution in [3.63, 3.8) is 0 Å². The first-order chi connectivity index (χ1) is 16.2. The molecule has 0 aliphatic carbocycles. The third-order valence-electron chi connectivity index (χ3n) is 5.76. The van der Waals surface area contributed by atoms with Crippen molar-refractivity contribution in [2.45, 2.75) is 12.5 Å². The topological polar surface area (TPSA) is 76.9 Å². The molecule has 7 nitrogen and oxygen atoms in total. The van der Waals surface area contributed by atoms with E-state index in [0.717, 1.165) is 33.6 Å². The molecule has 5 rings (SSSR count). The number of fused-ring (bicyclic) bond motifs is 1. The number of hydrogen-bond acceptors (Lipinski definition) is 6. The quantitative estimate of drug-likeness (QED) is 0.454. The zero-order valence-electron chi connectivity index (χ0n) is 18.3. The van der Waals surface area contributed by atoms with E-state index in [-0.39, 0.29) is 11.9 Å². The van der Waals surface area contributed by atoms with Gasteiger partial charge < -0.3 is 9.47 Å². The second kappa shape index (κ2) is 8.70. The van der Waals surface area contributed by atoms with E-state index in [1.165, 1.54) is 0 Å². The van der Waals surface area contributed by atoms with Gasteiger partial charge in [-0.25, -0.2) is 5.01 Å². The van der Waals surface area contributed by atoms with Crippen molar-refractivity contribution < 1.29 is 14.3 Å². The zero-order valence-corrected chi connectivity index (χ0v) is 18.3. The first kappa shape index (κ1) is 20.6. The number of carbonyl (C=O) groups is 1. The standard InChI is InChI=1S/C26H22N4O3/c1-32-20-8-3-17(4-9-20)23-16-25(19-7-12-22-24(15-19)28-14-13-27-22)30(29-23)26(31)18-5-10-21(33-2)11-6-18/h3-15,25H,16H2,1-2H3/t25-/m1/s1. The molecule has 1 atom stereocenters. The zero-order chi connectivity index (χ0) is 22.8. The Kier molecular flexibility index (Phi) is 5.44. The lowest BCUT2D eigenvalue weighted by atomic mass is 9.97. The minimum atomic E-state index is -0.261. The number of rotatable bonds is 5. The van der Waals surface area contributed by atoms with Crippen molar-refractivity contribution in [1.29, 1.82) is 0 Å². The number of nitrogens with zero attached hydrogens (tertiary/aromatic N) is 4. The molecule has 0 spiro atoms. The summed E-state index contributed by atoms with van der Waals surface area (Å²) in [4.78, 5) is 22.3. The summed E-state index contributed by atoms with van der Waals surface area (Å²) in [5.74, 6) is 1.29. The minimum Gasteiger partial charge on any atom is -0.497 e. The van der Waals surface area contributed by atoms with E-state index in [1.54, 1.807) is 55.9 Å². The van der Waals surface area contributed by atoms with E-state index >= 15 is 0 Å². The maximum Gasteiger partial charge on any atom is 0.274 e. The van der Waals surface area contributed by atoms with Crippen LogP contribution in [0.25, 0.3) is 11.0 Å². The molecule has 1 aliphatic rings. The van der Waals surface area contributed by atoms with Gasteiger partial charge in [-0.3, -0.25) is 14.8 Å². The molecule has 1 amide bonds. The summed E-state index contributed by atoms with van der Waals surface area (Å²) in [7, 11) is 3.23. The van der Waals surface area contributed by atoms with Crippen LogP contribution in [-0.4, -0.2) is 40.8 Å². The second-order valence-corrected chi connectivity index (χ2v) is 7.68. The van der Waals surface area contributed by atoms with Crippen molar-refractivity contribution in [2.24, 2.45) is 5.10 Å². The number of ether oxygens (including phenoxy) is 2. The molecule has 1 aliphatic heterocycles. The highest BCUT2D eigenvalue weighted by molar-refractivity contribution is 6.05. The maximum absolute atomic E-state index is 13.5. The van der Waals surface area contributed by atoms with Gasteiger partial charge in [-0.15, -0.1) is 0 Å². The molecule has 33 heavy (non-hydrogen) atoms. The molecule has 0 bridgehead atoms. The van der Waals surface area contributed by atoms with Gasteiger partial charge >= 0.3 is 0 Å². The number of aromatic nitrogens is 2. The first-order valence-electron chi connectivity index (χ1n) is 10.6. The fourth-order valence-corrected chi connectivity index (χ4v) is 3.97. The normalized spacial score (nSPS) is 15.4. The van der Waals surface area contributed by atoms with E-state index in [4.69, 9.17) is 14.6 Å². The van der Waals surface area contributed by atoms with Crippen molar-refractivity contribution >= 4 is 22.7 Å². The van der Waals surface area contributed by atoms with Crippen LogP contribution in [0.5, 0.6) is 11.5 Å². The van der Waals surface area contributed by atoms with Crippen LogP contribution in [0.3, 0.4) is 0 Å². The third-order valence-corrected chi connectivity index (χ3v) is 5.76. The Morgan fingerprint density at radius 3 is 2.15 bits per heavy atom. The van der Waals surface area contributed by atoms with Crippen molar-refractivity contribution in [3.8, 4) is 11.5 Å². The molecule has 0 N–H and O–H groups in total. The van der Waals surface area contributed by atoms with Gasteiger partial charge in [0.25, 0.3) is 5.91 Å². The summed E-state index contributed by atoms with van der Waals surface area (Å²) >= 11 is 0. The first-order valence-corrected chi connectivity index (χ1v) is 10.6. The van der Waals surface area contributed by atoms with E-state index in [1.807, 2.05) is 42.5 Å². The smallest absolute Gasteiger partial charge is 0.274 e. The van der Waals surface area contributed by atoms with E-state index < -0.39 is 0 Å². The summed E-state index contributed by atoms with van der Waals surface area (Å²) in [5, 5.41) is 6.33. The largest absolute Gasteiger partial charge is 0.497 e. The van der Waals surface area contributed by atoms with Gasteiger partial charge in [0.2, 0.25) is 0 Å². The lowest BCUT2D eigenvalue weighted by Crippen LogP contribution is -2.27. The van der Waals surface area contributed by atoms with Crippen LogP contribution in [0.4, 0.5) is 0 Å². The van der Waals surface area contributed by atoms with Gasteiger partial charge in [-0.2, -0.15) is 5.10 Å². The average Bonchev–Trinajstić information content (AvgIpc) is 3.33. The van der Waals surface area contributed by atoms with Gasteiger partial charge in [0.15, 0.2) is 0 Å². The molecule has 2 heterocycles. The van der Waals surface area contributed by atoms with Gasteiger partial charge in [-0.1, -0.05) is 6.07 Å². The molecule has 7 heteroatoms. The third kappa shape index (κ3) is 4.01. The molecular weight excluding hydrogens is 416 g/mol. The van der Waals surface area contributed by atoms with Crippen LogP contribution in [0.2, 0.25) is 0 Å². The Labute approximate surface area is 191 Å². The average molecular weight is 438 g/mol. The van der Waals surface area contributed by atoms with Crippen LogP contribution in [-0.2, 0) is 0 Å². The highest BCUT2D eigenvalue weighted by atomic mass is 16.5. The molecular formula is C26H22N4O3. The van der Waals surface area contributed by atoms with Gasteiger partial charge in [0, 0.05) is 24.4 Å². The Bertz CT molecular complexity index is 1330. The molecule has 3 aromatic carbocycles. The molecule has 0 radical (unpaired) electrons. The summed E-state index contributed by atoms with van der Waals surface area (Å²) in [5.41, 5.74) is 4.88. The molecule has 0 saturated carbocycles. The Morgan fingerprint density at radius 2 is 1.48 bits per heavy atom.